The van der Waals surface area contributed by atoms with Crippen LogP contribution in [0.3, 0.4) is 0 Å². The molecule has 0 saturated heterocycles. The Balaban J connectivity index is 1.53. The van der Waals surface area contributed by atoms with Gasteiger partial charge in [-0.05, 0) is 44.2 Å². The molecule has 0 aliphatic rings. The van der Waals surface area contributed by atoms with Gasteiger partial charge in [-0.25, -0.2) is 9.37 Å². The summed E-state index contributed by atoms with van der Waals surface area (Å²) in [6, 6.07) is 9.21. The molecular formula is C22H20FN7O3. The maximum Gasteiger partial charge on any atom is 0.316 e. The molecule has 3 aromatic heterocycles. The highest BCUT2D eigenvalue weighted by Crippen LogP contribution is 2.25. The lowest BCUT2D eigenvalue weighted by molar-refractivity contribution is 0.102. The zero-order valence-electron chi connectivity index (χ0n) is 18.1. The summed E-state index contributed by atoms with van der Waals surface area (Å²) in [5.41, 5.74) is 0.315. The van der Waals surface area contributed by atoms with Gasteiger partial charge in [0.1, 0.15) is 29.4 Å². The van der Waals surface area contributed by atoms with Crippen molar-refractivity contribution in [1.82, 2.24) is 29.7 Å². The second-order valence-corrected chi connectivity index (χ2v) is 7.17. The molecule has 3 heterocycles. The number of carbonyl (C=O) groups is 1. The van der Waals surface area contributed by atoms with Crippen molar-refractivity contribution in [2.45, 2.75) is 19.9 Å². The third-order valence-electron chi connectivity index (χ3n) is 4.55. The Morgan fingerprint density at radius 1 is 1.12 bits per heavy atom. The fourth-order valence-electron chi connectivity index (χ4n) is 2.96. The molecule has 168 valence electrons. The van der Waals surface area contributed by atoms with Crippen molar-refractivity contribution in [2.75, 3.05) is 12.4 Å². The molecule has 1 aromatic carbocycles. The van der Waals surface area contributed by atoms with Crippen molar-refractivity contribution in [1.29, 1.82) is 0 Å². The molecule has 0 spiro atoms. The maximum absolute atomic E-state index is 14.4. The minimum absolute atomic E-state index is 0.128. The first-order valence-corrected chi connectivity index (χ1v) is 9.96. The van der Waals surface area contributed by atoms with Gasteiger partial charge in [0, 0.05) is 6.04 Å². The van der Waals surface area contributed by atoms with E-state index in [0.717, 1.165) is 6.07 Å². The Bertz CT molecular complexity index is 1280. The van der Waals surface area contributed by atoms with Gasteiger partial charge in [-0.15, -0.1) is 10.2 Å². The Kier molecular flexibility index (Phi) is 6.20. The third kappa shape index (κ3) is 4.92. The first-order valence-electron chi connectivity index (χ1n) is 9.96. The molecule has 4 aromatic rings. The number of nitrogens with zero attached hydrogens (tertiary/aromatic N) is 6. The zero-order valence-corrected chi connectivity index (χ0v) is 18.1. The lowest BCUT2D eigenvalue weighted by atomic mass is 10.2. The van der Waals surface area contributed by atoms with Crippen LogP contribution in [0.25, 0.3) is 11.5 Å². The van der Waals surface area contributed by atoms with Crippen LogP contribution in [0, 0.1) is 5.82 Å². The predicted octanol–water partition coefficient (Wildman–Crippen LogP) is 3.90. The van der Waals surface area contributed by atoms with E-state index in [-0.39, 0.29) is 29.2 Å². The Morgan fingerprint density at radius 3 is 2.64 bits per heavy atom. The molecule has 10 nitrogen and oxygen atoms in total. The summed E-state index contributed by atoms with van der Waals surface area (Å²) in [5, 5.41) is 10.6. The van der Waals surface area contributed by atoms with Gasteiger partial charge in [0.05, 0.1) is 25.1 Å². The number of rotatable bonds is 7. The molecule has 1 amide bonds. The molecule has 0 fully saturated rings. The number of aromatic nitrogens is 6. The number of nitrogens with one attached hydrogen (secondary N) is 1. The third-order valence-corrected chi connectivity index (χ3v) is 4.55. The van der Waals surface area contributed by atoms with Crippen molar-refractivity contribution in [3.05, 3.63) is 66.5 Å². The van der Waals surface area contributed by atoms with Crippen molar-refractivity contribution in [3.8, 4) is 29.0 Å². The fraction of sp³-hybridized carbons (Fsp3) is 0.182. The van der Waals surface area contributed by atoms with E-state index in [1.807, 2.05) is 18.4 Å². The minimum Gasteiger partial charge on any atom is -0.467 e. The van der Waals surface area contributed by atoms with Crippen LogP contribution in [0.5, 0.6) is 17.5 Å². The Hall–Kier alpha value is -4.41. The SMILES string of the molecule is COc1ncc(Oc2ccc(F)c(C(=O)Nc3cccc(-c4nncn4C(C)C)n3)c2)cn1. The lowest BCUT2D eigenvalue weighted by Crippen LogP contribution is -2.15. The minimum atomic E-state index is -0.707. The fourth-order valence-corrected chi connectivity index (χ4v) is 2.96. The molecule has 0 saturated carbocycles. The van der Waals surface area contributed by atoms with Gasteiger partial charge < -0.3 is 19.4 Å². The van der Waals surface area contributed by atoms with Gasteiger partial charge in [-0.3, -0.25) is 4.79 Å². The van der Waals surface area contributed by atoms with Crippen LogP contribution in [0.4, 0.5) is 10.2 Å². The number of hydrogen-bond donors (Lipinski definition) is 1. The number of hydrogen-bond acceptors (Lipinski definition) is 8. The van der Waals surface area contributed by atoms with E-state index in [9.17, 15) is 9.18 Å². The molecule has 1 N–H and O–H groups in total. The van der Waals surface area contributed by atoms with Crippen LogP contribution in [0.1, 0.15) is 30.2 Å². The largest absolute Gasteiger partial charge is 0.467 e. The standard InChI is InChI=1S/C22H20FN7O3/c1-13(2)30-12-26-29-20(30)18-5-4-6-19(27-18)28-21(31)16-9-14(7-8-17(16)23)33-15-10-24-22(32-3)25-11-15/h4-13H,1-3H3,(H,27,28,31). The van der Waals surface area contributed by atoms with Crippen LogP contribution in [-0.2, 0) is 0 Å². The van der Waals surface area contributed by atoms with Gasteiger partial charge in [0.15, 0.2) is 11.6 Å². The molecule has 0 radical (unpaired) electrons. The smallest absolute Gasteiger partial charge is 0.316 e. The first kappa shape index (κ1) is 21.8. The first-order chi connectivity index (χ1) is 15.9. The summed E-state index contributed by atoms with van der Waals surface area (Å²) in [6.07, 6.45) is 4.42. The lowest BCUT2D eigenvalue weighted by Gasteiger charge is -2.11. The molecule has 4 rings (SSSR count). The van der Waals surface area contributed by atoms with Crippen molar-refractivity contribution < 1.29 is 18.7 Å². The summed E-state index contributed by atoms with van der Waals surface area (Å²) in [7, 11) is 1.45. The average Bonchev–Trinajstić information content (AvgIpc) is 3.31. The van der Waals surface area contributed by atoms with Crippen LogP contribution in [0.15, 0.2) is 55.1 Å². The second kappa shape index (κ2) is 9.39. The van der Waals surface area contributed by atoms with E-state index in [1.165, 1.54) is 31.6 Å². The maximum atomic E-state index is 14.4. The molecule has 33 heavy (non-hydrogen) atoms. The molecule has 0 unspecified atom stereocenters. The quantitative estimate of drug-likeness (QED) is 0.451. The van der Waals surface area contributed by atoms with Crippen molar-refractivity contribution in [3.63, 3.8) is 0 Å². The highest BCUT2D eigenvalue weighted by Gasteiger charge is 2.16. The molecular weight excluding hydrogens is 429 g/mol. The van der Waals surface area contributed by atoms with E-state index < -0.39 is 11.7 Å². The number of ether oxygens (including phenoxy) is 2. The van der Waals surface area contributed by atoms with Gasteiger partial charge in [-0.2, -0.15) is 9.97 Å². The van der Waals surface area contributed by atoms with E-state index in [1.54, 1.807) is 24.5 Å². The highest BCUT2D eigenvalue weighted by atomic mass is 19.1. The number of benzene rings is 1. The number of carbonyl (C=O) groups excluding carboxylic acids is 1. The highest BCUT2D eigenvalue weighted by molar-refractivity contribution is 6.04. The van der Waals surface area contributed by atoms with Gasteiger partial charge >= 0.3 is 6.01 Å². The number of anilines is 1. The molecule has 0 aliphatic carbocycles. The van der Waals surface area contributed by atoms with E-state index in [2.05, 4.69) is 30.5 Å². The molecule has 11 heteroatoms. The predicted molar refractivity (Wildman–Crippen MR) is 117 cm³/mol. The van der Waals surface area contributed by atoms with Gasteiger partial charge in [0.2, 0.25) is 0 Å². The number of pyridine rings is 1. The number of amides is 1. The van der Waals surface area contributed by atoms with Crippen molar-refractivity contribution in [2.24, 2.45) is 0 Å². The normalized spacial score (nSPS) is 10.8. The number of methoxy groups -OCH3 is 1. The summed E-state index contributed by atoms with van der Waals surface area (Å²) >= 11 is 0. The Morgan fingerprint density at radius 2 is 1.91 bits per heavy atom. The number of halogens is 1. The van der Waals surface area contributed by atoms with E-state index in [0.29, 0.717) is 17.3 Å². The van der Waals surface area contributed by atoms with Gasteiger partial charge in [-0.1, -0.05) is 6.07 Å². The topological polar surface area (TPSA) is 117 Å². The molecule has 0 bridgehead atoms. The zero-order chi connectivity index (χ0) is 23.4. The summed E-state index contributed by atoms with van der Waals surface area (Å²) in [6.45, 7) is 3.99. The van der Waals surface area contributed by atoms with E-state index in [4.69, 9.17) is 9.47 Å². The van der Waals surface area contributed by atoms with Crippen molar-refractivity contribution >= 4 is 11.7 Å². The van der Waals surface area contributed by atoms with Crippen LogP contribution < -0.4 is 14.8 Å². The summed E-state index contributed by atoms with van der Waals surface area (Å²) in [4.78, 5) is 25.1. The summed E-state index contributed by atoms with van der Waals surface area (Å²) < 4.78 is 26.8. The second-order valence-electron chi connectivity index (χ2n) is 7.17. The van der Waals surface area contributed by atoms with E-state index >= 15 is 0 Å². The summed E-state index contributed by atoms with van der Waals surface area (Å²) in [5.74, 6) is -0.0469. The average molecular weight is 449 g/mol. The van der Waals surface area contributed by atoms with Gasteiger partial charge in [0.25, 0.3) is 5.91 Å². The Labute approximate surface area is 188 Å². The monoisotopic (exact) mass is 449 g/mol. The van der Waals surface area contributed by atoms with Crippen LogP contribution in [-0.4, -0.2) is 42.7 Å². The van der Waals surface area contributed by atoms with Crippen LogP contribution in [0.2, 0.25) is 0 Å². The molecule has 0 atom stereocenters. The molecule has 0 aliphatic heterocycles. The van der Waals surface area contributed by atoms with Crippen LogP contribution >= 0.6 is 0 Å².